The van der Waals surface area contributed by atoms with Crippen molar-refractivity contribution >= 4 is 9.28 Å². The van der Waals surface area contributed by atoms with Crippen LogP contribution in [0.15, 0.2) is 0 Å². The predicted molar refractivity (Wildman–Crippen MR) is 46.6 cm³/mol. The first kappa shape index (κ1) is 9.23. The second-order valence-corrected chi connectivity index (χ2v) is 4.70. The largest absolute Gasteiger partial charge is 0.393 e. The molecule has 0 amide bonds. The highest BCUT2D eigenvalue weighted by Gasteiger charge is 2.18. The van der Waals surface area contributed by atoms with Gasteiger partial charge in [-0.1, -0.05) is 13.3 Å². The van der Waals surface area contributed by atoms with E-state index in [1.54, 1.807) is 0 Å². The van der Waals surface area contributed by atoms with Crippen molar-refractivity contribution < 1.29 is 8.85 Å². The lowest BCUT2D eigenvalue weighted by atomic mass is 10.4. The Bertz CT molecular complexity index is 92.1. The summed E-state index contributed by atoms with van der Waals surface area (Å²) in [4.78, 5) is 0. The van der Waals surface area contributed by atoms with Crippen LogP contribution in [0.3, 0.4) is 0 Å². The molecule has 0 unspecified atom stereocenters. The first-order valence-electron chi connectivity index (χ1n) is 4.55. The summed E-state index contributed by atoms with van der Waals surface area (Å²) >= 11 is 0. The highest BCUT2D eigenvalue weighted by molar-refractivity contribution is 6.44. The molecule has 1 aliphatic rings. The standard InChI is InChI=1S/C8H17O2Si/c1-2-3-6-9-11-8-5-4-7-10-11/h2-8H2,1H3. The number of hydrogen-bond donors (Lipinski definition) is 0. The second kappa shape index (κ2) is 5.74. The Balaban J connectivity index is 1.96. The molecule has 1 heterocycles. The molecule has 0 bridgehead atoms. The van der Waals surface area contributed by atoms with Gasteiger partial charge in [-0.05, 0) is 25.3 Å². The van der Waals surface area contributed by atoms with Gasteiger partial charge in [0.15, 0.2) is 0 Å². The molecule has 0 aromatic heterocycles. The Labute approximate surface area is 70.7 Å². The van der Waals surface area contributed by atoms with Crippen LogP contribution in [0.25, 0.3) is 0 Å². The van der Waals surface area contributed by atoms with E-state index in [4.69, 9.17) is 8.85 Å². The smallest absolute Gasteiger partial charge is 0.384 e. The maximum atomic E-state index is 5.60. The minimum Gasteiger partial charge on any atom is -0.393 e. The molecule has 0 aromatic carbocycles. The molecule has 3 heteroatoms. The molecule has 2 nitrogen and oxygen atoms in total. The molecule has 0 saturated carbocycles. The second-order valence-electron chi connectivity index (χ2n) is 2.88. The van der Waals surface area contributed by atoms with Crippen LogP contribution < -0.4 is 0 Å². The first-order valence-corrected chi connectivity index (χ1v) is 6.07. The first-order chi connectivity index (χ1) is 5.43. The van der Waals surface area contributed by atoms with E-state index in [0.717, 1.165) is 13.2 Å². The van der Waals surface area contributed by atoms with Crippen molar-refractivity contribution in [3.05, 3.63) is 0 Å². The third-order valence-electron chi connectivity index (χ3n) is 1.80. The van der Waals surface area contributed by atoms with Crippen molar-refractivity contribution in [2.45, 2.75) is 38.7 Å². The highest BCUT2D eigenvalue weighted by atomic mass is 28.3. The van der Waals surface area contributed by atoms with Gasteiger partial charge in [-0.2, -0.15) is 0 Å². The lowest BCUT2D eigenvalue weighted by Crippen LogP contribution is -2.27. The van der Waals surface area contributed by atoms with Gasteiger partial charge in [-0.3, -0.25) is 0 Å². The minimum atomic E-state index is -0.821. The fourth-order valence-electron chi connectivity index (χ4n) is 1.07. The van der Waals surface area contributed by atoms with E-state index >= 15 is 0 Å². The molecule has 0 aliphatic carbocycles. The zero-order valence-electron chi connectivity index (χ0n) is 7.27. The van der Waals surface area contributed by atoms with E-state index in [-0.39, 0.29) is 0 Å². The van der Waals surface area contributed by atoms with E-state index in [2.05, 4.69) is 6.92 Å². The zero-order chi connectivity index (χ0) is 7.94. The number of unbranched alkanes of at least 4 members (excludes halogenated alkanes) is 1. The van der Waals surface area contributed by atoms with Crippen LogP contribution in [0, 0.1) is 0 Å². The average molecular weight is 173 g/mol. The van der Waals surface area contributed by atoms with Gasteiger partial charge in [-0.15, -0.1) is 0 Å². The number of hydrogen-bond acceptors (Lipinski definition) is 2. The summed E-state index contributed by atoms with van der Waals surface area (Å²) in [5.74, 6) is 0. The van der Waals surface area contributed by atoms with Gasteiger partial charge in [0.1, 0.15) is 0 Å². The van der Waals surface area contributed by atoms with Crippen LogP contribution >= 0.6 is 0 Å². The minimum absolute atomic E-state index is 0.821. The molecule has 1 fully saturated rings. The molecule has 1 rings (SSSR count). The molecule has 1 aliphatic heterocycles. The molecule has 0 atom stereocenters. The Morgan fingerprint density at radius 2 is 2.36 bits per heavy atom. The predicted octanol–water partition coefficient (Wildman–Crippen LogP) is 2.10. The summed E-state index contributed by atoms with van der Waals surface area (Å²) < 4.78 is 11.1. The van der Waals surface area contributed by atoms with Crippen LogP contribution in [-0.2, 0) is 8.85 Å². The maximum absolute atomic E-state index is 5.60. The van der Waals surface area contributed by atoms with E-state index < -0.39 is 9.28 Å². The van der Waals surface area contributed by atoms with Gasteiger partial charge >= 0.3 is 9.28 Å². The normalized spacial score (nSPS) is 20.5. The quantitative estimate of drug-likeness (QED) is 0.479. The monoisotopic (exact) mass is 173 g/mol. The van der Waals surface area contributed by atoms with Crippen molar-refractivity contribution in [3.63, 3.8) is 0 Å². The van der Waals surface area contributed by atoms with Crippen LogP contribution in [0.5, 0.6) is 0 Å². The molecule has 0 aromatic rings. The fourth-order valence-corrected chi connectivity index (χ4v) is 2.73. The van der Waals surface area contributed by atoms with Crippen molar-refractivity contribution in [2.75, 3.05) is 13.2 Å². The third-order valence-corrected chi connectivity index (χ3v) is 3.61. The van der Waals surface area contributed by atoms with Crippen molar-refractivity contribution in [3.8, 4) is 0 Å². The summed E-state index contributed by atoms with van der Waals surface area (Å²) in [5, 5.41) is 0. The van der Waals surface area contributed by atoms with Crippen molar-refractivity contribution in [2.24, 2.45) is 0 Å². The topological polar surface area (TPSA) is 18.5 Å². The van der Waals surface area contributed by atoms with Gasteiger partial charge in [0.2, 0.25) is 0 Å². The summed E-state index contributed by atoms with van der Waals surface area (Å²) in [6.45, 7) is 4.02. The van der Waals surface area contributed by atoms with Crippen LogP contribution in [0.4, 0.5) is 0 Å². The SMILES string of the molecule is CCCCO[Si]1CCCCO1. The van der Waals surface area contributed by atoms with Gasteiger partial charge in [-0.25, -0.2) is 0 Å². The van der Waals surface area contributed by atoms with Crippen LogP contribution in [0.2, 0.25) is 6.04 Å². The van der Waals surface area contributed by atoms with Crippen LogP contribution in [0.1, 0.15) is 32.6 Å². The zero-order valence-corrected chi connectivity index (χ0v) is 8.27. The molecule has 1 radical (unpaired) electrons. The van der Waals surface area contributed by atoms with E-state index in [9.17, 15) is 0 Å². The van der Waals surface area contributed by atoms with E-state index in [0.29, 0.717) is 0 Å². The Kier molecular flexibility index (Phi) is 4.82. The molecular formula is C8H17O2Si. The molecular weight excluding hydrogens is 156 g/mol. The lowest BCUT2D eigenvalue weighted by Gasteiger charge is -2.19. The third kappa shape index (κ3) is 3.89. The summed E-state index contributed by atoms with van der Waals surface area (Å²) in [7, 11) is -0.821. The highest BCUT2D eigenvalue weighted by Crippen LogP contribution is 2.11. The van der Waals surface area contributed by atoms with Crippen LogP contribution in [-0.4, -0.2) is 22.5 Å². The van der Waals surface area contributed by atoms with E-state index in [1.807, 2.05) is 0 Å². The summed E-state index contributed by atoms with van der Waals surface area (Å²) in [6, 6.07) is 1.19. The molecule has 11 heavy (non-hydrogen) atoms. The van der Waals surface area contributed by atoms with Crippen molar-refractivity contribution in [1.82, 2.24) is 0 Å². The molecule has 0 spiro atoms. The Morgan fingerprint density at radius 3 is 3.00 bits per heavy atom. The van der Waals surface area contributed by atoms with Gasteiger partial charge in [0.25, 0.3) is 0 Å². The summed E-state index contributed by atoms with van der Waals surface area (Å²) in [6.07, 6.45) is 4.93. The number of rotatable bonds is 4. The Morgan fingerprint density at radius 1 is 1.45 bits per heavy atom. The fraction of sp³-hybridized carbons (Fsp3) is 1.00. The Hall–Kier alpha value is 0.137. The molecule has 1 saturated heterocycles. The van der Waals surface area contributed by atoms with Gasteiger partial charge in [0, 0.05) is 13.2 Å². The molecule has 65 valence electrons. The van der Waals surface area contributed by atoms with Crippen molar-refractivity contribution in [1.29, 1.82) is 0 Å². The lowest BCUT2D eigenvalue weighted by molar-refractivity contribution is 0.175. The van der Waals surface area contributed by atoms with E-state index in [1.165, 1.54) is 31.7 Å². The maximum Gasteiger partial charge on any atom is 0.384 e. The molecule has 0 N–H and O–H groups in total. The average Bonchev–Trinajstić information content (AvgIpc) is 2.07. The van der Waals surface area contributed by atoms with Gasteiger partial charge < -0.3 is 8.85 Å². The van der Waals surface area contributed by atoms with Gasteiger partial charge in [0.05, 0.1) is 0 Å². The summed E-state index contributed by atoms with van der Waals surface area (Å²) in [5.41, 5.74) is 0.